The van der Waals surface area contributed by atoms with Crippen LogP contribution in [0, 0.1) is 0 Å². The number of hydrogen-bond acceptors (Lipinski definition) is 7. The molecule has 8 nitrogen and oxygen atoms in total. The Bertz CT molecular complexity index is 1420. The fourth-order valence-corrected chi connectivity index (χ4v) is 4.88. The Kier molecular flexibility index (Phi) is 14.4. The van der Waals surface area contributed by atoms with Crippen molar-refractivity contribution in [2.24, 2.45) is 0 Å². The Balaban J connectivity index is 1.62. The van der Waals surface area contributed by atoms with Crippen molar-refractivity contribution >= 4 is 6.09 Å². The molecule has 0 spiro atoms. The molecule has 0 fully saturated rings. The number of rotatable bonds is 18. The third kappa shape index (κ3) is 13.3. The van der Waals surface area contributed by atoms with Crippen molar-refractivity contribution in [2.75, 3.05) is 13.2 Å². The summed E-state index contributed by atoms with van der Waals surface area (Å²) < 4.78 is 31.1. The van der Waals surface area contributed by atoms with E-state index in [9.17, 15) is 9.90 Å². The van der Waals surface area contributed by atoms with Gasteiger partial charge in [0.2, 0.25) is 0 Å². The zero-order valence-electron chi connectivity index (χ0n) is 27.5. The standard InChI is InChI=1S/C39H47NO7/c1-39(2,3)47-38(42)40-24-35(44-26-31-18-10-5-11-19-31)37(46-28-33-22-14-7-15-23-33)36(45-27-32-20-12-6-13-21-32)34(41)29-43-25-30-16-8-4-9-17-30/h4-23,34-37,41H,24-29H2,1-3H3,(H,40,42)/t34-,35-,36+,37+/m0/s1. The van der Waals surface area contributed by atoms with E-state index >= 15 is 0 Å². The molecule has 4 aromatic rings. The van der Waals surface area contributed by atoms with Crippen LogP contribution in [0.15, 0.2) is 121 Å². The molecule has 0 aliphatic heterocycles. The monoisotopic (exact) mass is 641 g/mol. The minimum absolute atomic E-state index is 0.00948. The number of aliphatic hydroxyl groups excluding tert-OH is 1. The van der Waals surface area contributed by atoms with Gasteiger partial charge < -0.3 is 34.1 Å². The van der Waals surface area contributed by atoms with Crippen LogP contribution in [0.25, 0.3) is 0 Å². The van der Waals surface area contributed by atoms with Crippen LogP contribution < -0.4 is 5.32 Å². The van der Waals surface area contributed by atoms with Crippen molar-refractivity contribution < 1.29 is 33.6 Å². The summed E-state index contributed by atoms with van der Waals surface area (Å²) in [6, 6.07) is 39.0. The number of ether oxygens (including phenoxy) is 5. The molecule has 250 valence electrons. The average molecular weight is 642 g/mol. The zero-order chi connectivity index (χ0) is 33.3. The maximum atomic E-state index is 12.8. The highest BCUT2D eigenvalue weighted by molar-refractivity contribution is 5.67. The zero-order valence-corrected chi connectivity index (χ0v) is 27.5. The largest absolute Gasteiger partial charge is 0.444 e. The summed E-state index contributed by atoms with van der Waals surface area (Å²) in [5.41, 5.74) is 3.14. The second kappa shape index (κ2) is 18.9. The number of hydrogen-bond donors (Lipinski definition) is 2. The molecule has 47 heavy (non-hydrogen) atoms. The van der Waals surface area contributed by atoms with E-state index in [2.05, 4.69) is 5.32 Å². The Morgan fingerprint density at radius 3 is 1.47 bits per heavy atom. The molecule has 0 heterocycles. The molecule has 0 aromatic heterocycles. The van der Waals surface area contributed by atoms with Gasteiger partial charge in [0, 0.05) is 6.54 Å². The number of nitrogens with one attached hydrogen (secondary N) is 1. The van der Waals surface area contributed by atoms with Gasteiger partial charge in [0.15, 0.2) is 0 Å². The van der Waals surface area contributed by atoms with Crippen LogP contribution in [-0.2, 0) is 50.1 Å². The van der Waals surface area contributed by atoms with Crippen molar-refractivity contribution in [2.45, 2.75) is 77.2 Å². The Labute approximate surface area is 278 Å². The van der Waals surface area contributed by atoms with Gasteiger partial charge >= 0.3 is 6.09 Å². The summed E-state index contributed by atoms with van der Waals surface area (Å²) in [6.45, 7) is 6.48. The van der Waals surface area contributed by atoms with Crippen LogP contribution in [0.4, 0.5) is 4.79 Å². The Morgan fingerprint density at radius 1 is 0.617 bits per heavy atom. The molecule has 2 N–H and O–H groups in total. The number of carbonyl (C=O) groups is 1. The molecule has 4 aromatic carbocycles. The van der Waals surface area contributed by atoms with E-state index in [1.54, 1.807) is 20.8 Å². The third-order valence-electron chi connectivity index (χ3n) is 7.19. The van der Waals surface area contributed by atoms with Crippen LogP contribution in [0.1, 0.15) is 43.0 Å². The van der Waals surface area contributed by atoms with Crippen LogP contribution in [0.2, 0.25) is 0 Å². The fourth-order valence-electron chi connectivity index (χ4n) is 4.88. The summed E-state index contributed by atoms with van der Waals surface area (Å²) in [5, 5.41) is 14.6. The van der Waals surface area contributed by atoms with Crippen LogP contribution >= 0.6 is 0 Å². The van der Waals surface area contributed by atoms with Gasteiger partial charge in [-0.3, -0.25) is 0 Å². The molecule has 0 aliphatic carbocycles. The lowest BCUT2D eigenvalue weighted by molar-refractivity contribution is -0.186. The molecular formula is C39H47NO7. The first kappa shape index (κ1) is 35.8. The molecule has 0 bridgehead atoms. The summed E-state index contributed by atoms with van der Waals surface area (Å²) in [6.07, 6.45) is -4.13. The topological polar surface area (TPSA) is 95.5 Å². The number of alkyl carbamates (subject to hydrolysis) is 1. The average Bonchev–Trinajstić information content (AvgIpc) is 3.07. The van der Waals surface area contributed by atoms with Gasteiger partial charge in [-0.2, -0.15) is 0 Å². The molecule has 4 rings (SSSR count). The van der Waals surface area contributed by atoms with Gasteiger partial charge in [0.1, 0.15) is 30.0 Å². The molecule has 8 heteroatoms. The van der Waals surface area contributed by atoms with Crippen LogP contribution in [0.3, 0.4) is 0 Å². The summed E-state index contributed by atoms with van der Waals surface area (Å²) in [5.74, 6) is 0. The van der Waals surface area contributed by atoms with Gasteiger partial charge in [-0.15, -0.1) is 0 Å². The molecule has 0 unspecified atom stereocenters. The Hall–Kier alpha value is -4.05. The van der Waals surface area contributed by atoms with Crippen molar-refractivity contribution in [3.8, 4) is 0 Å². The summed E-state index contributed by atoms with van der Waals surface area (Å²) >= 11 is 0. The Morgan fingerprint density at radius 2 is 1.02 bits per heavy atom. The molecule has 4 atom stereocenters. The number of benzene rings is 4. The number of aliphatic hydroxyl groups is 1. The molecule has 0 saturated carbocycles. The smallest absolute Gasteiger partial charge is 0.407 e. The first-order valence-electron chi connectivity index (χ1n) is 16.0. The third-order valence-corrected chi connectivity index (χ3v) is 7.19. The van der Waals surface area contributed by atoms with Crippen molar-refractivity contribution in [1.82, 2.24) is 5.32 Å². The highest BCUT2D eigenvalue weighted by Crippen LogP contribution is 2.22. The van der Waals surface area contributed by atoms with Crippen LogP contribution in [-0.4, -0.2) is 54.4 Å². The fraction of sp³-hybridized carbons (Fsp3) is 0.359. The first-order valence-corrected chi connectivity index (χ1v) is 16.0. The highest BCUT2D eigenvalue weighted by Gasteiger charge is 2.38. The van der Waals surface area contributed by atoms with Crippen molar-refractivity contribution in [3.63, 3.8) is 0 Å². The second-order valence-electron chi connectivity index (χ2n) is 12.3. The van der Waals surface area contributed by atoms with E-state index in [0.717, 1.165) is 22.3 Å². The molecule has 0 saturated heterocycles. The number of amides is 1. The maximum absolute atomic E-state index is 12.8. The minimum Gasteiger partial charge on any atom is -0.444 e. The van der Waals surface area contributed by atoms with Crippen molar-refractivity contribution in [1.29, 1.82) is 0 Å². The predicted molar refractivity (Wildman–Crippen MR) is 181 cm³/mol. The lowest BCUT2D eigenvalue weighted by atomic mass is 10.0. The van der Waals surface area contributed by atoms with Gasteiger partial charge in [-0.25, -0.2) is 4.79 Å². The second-order valence-corrected chi connectivity index (χ2v) is 12.3. The summed E-state index contributed by atoms with van der Waals surface area (Å²) in [4.78, 5) is 12.8. The molecule has 0 radical (unpaired) electrons. The van der Waals surface area contributed by atoms with Gasteiger partial charge in [-0.05, 0) is 43.0 Å². The molecule has 0 aliphatic rings. The predicted octanol–water partition coefficient (Wildman–Crippen LogP) is 6.85. The van der Waals surface area contributed by atoms with Gasteiger partial charge in [0.25, 0.3) is 0 Å². The lowest BCUT2D eigenvalue weighted by Gasteiger charge is -2.36. The van der Waals surface area contributed by atoms with E-state index in [4.69, 9.17) is 23.7 Å². The van der Waals surface area contributed by atoms with E-state index in [1.807, 2.05) is 121 Å². The van der Waals surface area contributed by atoms with E-state index in [0.29, 0.717) is 6.61 Å². The number of carbonyl (C=O) groups excluding carboxylic acids is 1. The lowest BCUT2D eigenvalue weighted by Crippen LogP contribution is -2.53. The molecular weight excluding hydrogens is 594 g/mol. The quantitative estimate of drug-likeness (QED) is 0.123. The SMILES string of the molecule is CC(C)(C)OC(=O)NC[C@H](OCc1ccccc1)[C@@H](OCc1ccccc1)[C@H](OCc1ccccc1)[C@@H](O)COCc1ccccc1. The highest BCUT2D eigenvalue weighted by atomic mass is 16.6. The van der Waals surface area contributed by atoms with E-state index in [-0.39, 0.29) is 33.0 Å². The van der Waals surface area contributed by atoms with Gasteiger partial charge in [-0.1, -0.05) is 121 Å². The minimum atomic E-state index is -1.09. The van der Waals surface area contributed by atoms with Crippen molar-refractivity contribution in [3.05, 3.63) is 144 Å². The van der Waals surface area contributed by atoms with E-state index in [1.165, 1.54) is 0 Å². The first-order chi connectivity index (χ1) is 22.8. The normalized spacial score (nSPS) is 14.1. The van der Waals surface area contributed by atoms with Crippen LogP contribution in [0.5, 0.6) is 0 Å². The molecule has 1 amide bonds. The maximum Gasteiger partial charge on any atom is 0.407 e. The summed E-state index contributed by atoms with van der Waals surface area (Å²) in [7, 11) is 0. The van der Waals surface area contributed by atoms with E-state index < -0.39 is 36.1 Å². The van der Waals surface area contributed by atoms with Gasteiger partial charge in [0.05, 0.1) is 33.0 Å².